The first-order chi connectivity index (χ1) is 20.4. The Morgan fingerprint density at radius 2 is 1.77 bits per heavy atom. The van der Waals surface area contributed by atoms with Gasteiger partial charge in [-0.15, -0.1) is 0 Å². The third kappa shape index (κ3) is 5.55. The highest BCUT2D eigenvalue weighted by Gasteiger charge is 2.47. The summed E-state index contributed by atoms with van der Waals surface area (Å²) in [4.78, 5) is 21.0. The van der Waals surface area contributed by atoms with E-state index in [4.69, 9.17) is 9.47 Å². The molecule has 1 unspecified atom stereocenters. The van der Waals surface area contributed by atoms with Gasteiger partial charge in [-0.2, -0.15) is 17.6 Å². The number of aromatic nitrogens is 2. The second kappa shape index (κ2) is 11.3. The maximum Gasteiger partial charge on any atom is 0.398 e. The fraction of sp³-hybridized carbons (Fsp3) is 0.300. The van der Waals surface area contributed by atoms with Gasteiger partial charge in [0.05, 0.1) is 18.2 Å². The average molecular weight is 608 g/mol. The number of methoxy groups -OCH3 is 1. The van der Waals surface area contributed by atoms with Gasteiger partial charge in [0, 0.05) is 34.2 Å². The lowest BCUT2D eigenvalue weighted by Gasteiger charge is -2.24. The van der Waals surface area contributed by atoms with Crippen LogP contribution in [0.5, 0.6) is 11.5 Å². The second-order valence-corrected chi connectivity index (χ2v) is 10.3. The number of benzene rings is 2. The van der Waals surface area contributed by atoms with Crippen molar-refractivity contribution < 1.29 is 45.0 Å². The largest absolute Gasteiger partial charge is 0.494 e. The summed E-state index contributed by atoms with van der Waals surface area (Å²) in [6.45, 7) is -2.50. The Morgan fingerprint density at radius 1 is 1.07 bits per heavy atom. The van der Waals surface area contributed by atoms with Crippen LogP contribution in [-0.4, -0.2) is 55.7 Å². The van der Waals surface area contributed by atoms with Crippen molar-refractivity contribution >= 4 is 16.8 Å². The summed E-state index contributed by atoms with van der Waals surface area (Å²) in [6.07, 6.45) is -4.96. The van der Waals surface area contributed by atoms with Crippen LogP contribution in [-0.2, 0) is 5.41 Å². The van der Waals surface area contributed by atoms with Crippen molar-refractivity contribution in [2.24, 2.45) is 0 Å². The summed E-state index contributed by atoms with van der Waals surface area (Å²) in [7, 11) is 1.27. The number of carbonyl (C=O) groups excluding carboxylic acids is 1. The van der Waals surface area contributed by atoms with E-state index in [2.05, 4.69) is 15.3 Å². The number of alkyl halides is 5. The molecule has 0 saturated carbocycles. The van der Waals surface area contributed by atoms with Crippen LogP contribution in [0.2, 0.25) is 0 Å². The van der Waals surface area contributed by atoms with Crippen molar-refractivity contribution in [1.82, 2.24) is 15.3 Å². The van der Waals surface area contributed by atoms with E-state index < -0.39 is 67.4 Å². The van der Waals surface area contributed by atoms with Crippen LogP contribution in [0.1, 0.15) is 33.1 Å². The highest BCUT2D eigenvalue weighted by Crippen LogP contribution is 2.47. The molecule has 6 nitrogen and oxygen atoms in total. The van der Waals surface area contributed by atoms with Gasteiger partial charge in [-0.05, 0) is 55.5 Å². The number of carbonyl (C=O) groups is 1. The second-order valence-electron chi connectivity index (χ2n) is 10.3. The van der Waals surface area contributed by atoms with E-state index in [0.29, 0.717) is 5.39 Å². The predicted molar refractivity (Wildman–Crippen MR) is 143 cm³/mol. The standard InChI is InChI=1S/C30H24F7N3O3/c1-15-7-17-8-18(9-23(42-2)24(17)40-27(15)34)28(41)38-11-21(30(35,36)37)22-10-20-26(43-14-29(20,12-31)13-32)25(39-22)16-3-5-19(33)6-4-16/h3-10,21H,11-14H2,1-2H3,(H,38,41). The number of hydrogen-bond acceptors (Lipinski definition) is 5. The fourth-order valence-corrected chi connectivity index (χ4v) is 4.93. The first kappa shape index (κ1) is 30.1. The number of ether oxygens (including phenoxy) is 2. The molecule has 5 rings (SSSR count). The molecule has 0 bridgehead atoms. The molecule has 1 amide bonds. The summed E-state index contributed by atoms with van der Waals surface area (Å²) in [6, 6.07) is 9.57. The smallest absolute Gasteiger partial charge is 0.398 e. The van der Waals surface area contributed by atoms with Crippen LogP contribution in [0.4, 0.5) is 30.7 Å². The lowest BCUT2D eigenvalue weighted by atomic mass is 9.83. The maximum atomic E-state index is 14.5. The van der Waals surface area contributed by atoms with Gasteiger partial charge >= 0.3 is 6.18 Å². The highest BCUT2D eigenvalue weighted by molar-refractivity contribution is 6.00. The van der Waals surface area contributed by atoms with Gasteiger partial charge in [0.25, 0.3) is 5.91 Å². The molecule has 1 aliphatic heterocycles. The molecule has 4 aromatic rings. The van der Waals surface area contributed by atoms with E-state index in [1.165, 1.54) is 44.4 Å². The average Bonchev–Trinajstić information content (AvgIpc) is 3.35. The lowest BCUT2D eigenvalue weighted by molar-refractivity contribution is -0.149. The van der Waals surface area contributed by atoms with Crippen molar-refractivity contribution in [3.05, 3.63) is 82.7 Å². The third-order valence-electron chi connectivity index (χ3n) is 7.40. The Kier molecular flexibility index (Phi) is 7.93. The van der Waals surface area contributed by atoms with Gasteiger partial charge in [-0.3, -0.25) is 4.79 Å². The van der Waals surface area contributed by atoms with Crippen molar-refractivity contribution in [2.45, 2.75) is 24.4 Å². The minimum Gasteiger partial charge on any atom is -0.494 e. The Bertz CT molecular complexity index is 1690. The van der Waals surface area contributed by atoms with E-state index in [9.17, 15) is 35.5 Å². The van der Waals surface area contributed by atoms with E-state index in [-0.39, 0.29) is 45.0 Å². The molecular weight excluding hydrogens is 583 g/mol. The highest BCUT2D eigenvalue weighted by atomic mass is 19.4. The van der Waals surface area contributed by atoms with Crippen LogP contribution in [0, 0.1) is 18.7 Å². The Morgan fingerprint density at radius 3 is 2.40 bits per heavy atom. The van der Waals surface area contributed by atoms with Crippen molar-refractivity contribution in [1.29, 1.82) is 0 Å². The molecule has 13 heteroatoms. The van der Waals surface area contributed by atoms with Gasteiger partial charge in [-0.25, -0.2) is 23.1 Å². The summed E-state index contributed by atoms with van der Waals surface area (Å²) in [5.74, 6) is -4.73. The SMILES string of the molecule is COc1cc(C(=O)NCC(c2cc3c(c(-c4ccc(F)cc4)n2)OCC3(CF)CF)C(F)(F)F)cc2cc(C)c(F)nc12. The van der Waals surface area contributed by atoms with E-state index in [0.717, 1.165) is 18.2 Å². The summed E-state index contributed by atoms with van der Waals surface area (Å²) < 4.78 is 110. The van der Waals surface area contributed by atoms with Gasteiger partial charge < -0.3 is 14.8 Å². The van der Waals surface area contributed by atoms with Gasteiger partial charge in [-0.1, -0.05) is 0 Å². The molecule has 1 N–H and O–H groups in total. The number of hydrogen-bond donors (Lipinski definition) is 1. The Hall–Kier alpha value is -4.42. The summed E-state index contributed by atoms with van der Waals surface area (Å²) in [5.41, 5.74) is -2.36. The van der Waals surface area contributed by atoms with Crippen molar-refractivity contribution in [3.63, 3.8) is 0 Å². The van der Waals surface area contributed by atoms with E-state index in [1.807, 2.05) is 0 Å². The lowest BCUT2D eigenvalue weighted by Crippen LogP contribution is -2.36. The maximum absolute atomic E-state index is 14.5. The molecule has 3 heterocycles. The monoisotopic (exact) mass is 607 g/mol. The van der Waals surface area contributed by atoms with Gasteiger partial charge in [0.2, 0.25) is 5.95 Å². The van der Waals surface area contributed by atoms with Crippen LogP contribution in [0.25, 0.3) is 22.2 Å². The molecule has 226 valence electrons. The topological polar surface area (TPSA) is 73.3 Å². The molecule has 2 aromatic carbocycles. The van der Waals surface area contributed by atoms with Crippen LogP contribution < -0.4 is 14.8 Å². The number of amides is 1. The summed E-state index contributed by atoms with van der Waals surface area (Å²) in [5, 5.41) is 2.58. The number of pyridine rings is 2. The van der Waals surface area contributed by atoms with Crippen molar-refractivity contribution in [2.75, 3.05) is 33.6 Å². The molecule has 1 aliphatic rings. The molecule has 0 spiro atoms. The third-order valence-corrected chi connectivity index (χ3v) is 7.40. The van der Waals surface area contributed by atoms with E-state index in [1.54, 1.807) is 0 Å². The number of fused-ring (bicyclic) bond motifs is 2. The summed E-state index contributed by atoms with van der Waals surface area (Å²) >= 11 is 0. The minimum absolute atomic E-state index is 0.0342. The molecule has 0 radical (unpaired) electrons. The number of nitrogens with zero attached hydrogens (tertiary/aromatic N) is 2. The number of rotatable bonds is 8. The zero-order valence-electron chi connectivity index (χ0n) is 22.8. The van der Waals surface area contributed by atoms with Gasteiger partial charge in [0.1, 0.15) is 54.4 Å². The molecule has 0 fully saturated rings. The fourth-order valence-electron chi connectivity index (χ4n) is 4.93. The number of nitrogens with one attached hydrogen (secondary N) is 1. The van der Waals surface area contributed by atoms with Crippen molar-refractivity contribution in [3.8, 4) is 22.8 Å². The molecule has 2 aromatic heterocycles. The van der Waals surface area contributed by atoms with Crippen LogP contribution in [0.3, 0.4) is 0 Å². The predicted octanol–water partition coefficient (Wildman–Crippen LogP) is 6.54. The van der Waals surface area contributed by atoms with Gasteiger partial charge in [0.15, 0.2) is 0 Å². The van der Waals surface area contributed by atoms with Crippen LogP contribution >= 0.6 is 0 Å². The first-order valence-electron chi connectivity index (χ1n) is 13.0. The molecular formula is C30H24F7N3O3. The zero-order chi connectivity index (χ0) is 31.1. The molecule has 1 atom stereocenters. The quantitative estimate of drug-likeness (QED) is 0.182. The first-order valence-corrected chi connectivity index (χ1v) is 13.0. The normalized spacial score (nSPS) is 14.7. The molecule has 43 heavy (non-hydrogen) atoms. The molecule has 0 saturated heterocycles. The number of halogens is 7. The van der Waals surface area contributed by atoms with Crippen LogP contribution in [0.15, 0.2) is 48.5 Å². The minimum atomic E-state index is -4.96. The molecule has 0 aliphatic carbocycles. The number of aryl methyl sites for hydroxylation is 1. The Balaban J connectivity index is 1.54. The van der Waals surface area contributed by atoms with E-state index >= 15 is 0 Å². The Labute approximate surface area is 240 Å². The zero-order valence-corrected chi connectivity index (χ0v) is 22.8.